The molecule has 2 atom stereocenters. The number of rotatable bonds is 3. The predicted octanol–water partition coefficient (Wildman–Crippen LogP) is 1.62. The van der Waals surface area contributed by atoms with Gasteiger partial charge in [0.05, 0.1) is 24.2 Å². The molecule has 110 valence electrons. The van der Waals surface area contributed by atoms with Crippen LogP contribution in [0.5, 0.6) is 0 Å². The molecule has 1 aromatic carbocycles. The molecule has 20 heavy (non-hydrogen) atoms. The fourth-order valence-corrected chi connectivity index (χ4v) is 2.59. The quantitative estimate of drug-likeness (QED) is 0.885. The summed E-state index contributed by atoms with van der Waals surface area (Å²) in [4.78, 5) is 13.8. The Balaban J connectivity index is 2.21. The topological polar surface area (TPSA) is 60.8 Å². The van der Waals surface area contributed by atoms with Crippen molar-refractivity contribution in [3.05, 3.63) is 35.6 Å². The van der Waals surface area contributed by atoms with Crippen LogP contribution >= 0.6 is 0 Å². The number of hydrogen-bond acceptors (Lipinski definition) is 3. The maximum atomic E-state index is 13.3. The lowest BCUT2D eigenvalue weighted by molar-refractivity contribution is -0.136. The van der Waals surface area contributed by atoms with Crippen LogP contribution in [-0.4, -0.2) is 39.3 Å². The van der Waals surface area contributed by atoms with Gasteiger partial charge in [0.15, 0.2) is 0 Å². The van der Waals surface area contributed by atoms with E-state index in [0.29, 0.717) is 12.0 Å². The van der Waals surface area contributed by atoms with Gasteiger partial charge in [-0.3, -0.25) is 4.79 Å². The third kappa shape index (κ3) is 3.55. The van der Waals surface area contributed by atoms with Crippen LogP contribution < -0.4 is 0 Å². The molecule has 4 nitrogen and oxygen atoms in total. The number of carbonyl (C=O) groups excluding carboxylic acids is 1. The highest BCUT2D eigenvalue weighted by Crippen LogP contribution is 2.33. The minimum Gasteiger partial charge on any atom is -0.391 e. The van der Waals surface area contributed by atoms with Crippen molar-refractivity contribution >= 4 is 5.91 Å². The van der Waals surface area contributed by atoms with Crippen LogP contribution in [0.3, 0.4) is 0 Å². The Morgan fingerprint density at radius 1 is 1.50 bits per heavy atom. The summed E-state index contributed by atoms with van der Waals surface area (Å²) in [5.41, 5.74) is -0.428. The van der Waals surface area contributed by atoms with Gasteiger partial charge in [-0.25, -0.2) is 4.39 Å². The molecule has 0 spiro atoms. The third-order valence-electron chi connectivity index (χ3n) is 3.42. The molecule has 1 aliphatic heterocycles. The Kier molecular flexibility index (Phi) is 4.11. The number of aliphatic hydroxyl groups excluding tert-OH is 1. The second-order valence-electron chi connectivity index (χ2n) is 6.00. The van der Waals surface area contributed by atoms with Crippen LogP contribution in [0.1, 0.15) is 38.3 Å². The molecule has 5 heteroatoms. The molecule has 2 N–H and O–H groups in total. The largest absolute Gasteiger partial charge is 0.391 e. The minimum absolute atomic E-state index is 0.0223. The van der Waals surface area contributed by atoms with Gasteiger partial charge in [0.25, 0.3) is 0 Å². The second kappa shape index (κ2) is 5.50. The Morgan fingerprint density at radius 2 is 2.20 bits per heavy atom. The van der Waals surface area contributed by atoms with E-state index in [2.05, 4.69) is 0 Å². The number of likely N-dealkylation sites (tertiary alicyclic amines) is 1. The average molecular weight is 281 g/mol. The molecule has 1 heterocycles. The fraction of sp³-hybridized carbons (Fsp3) is 0.533. The number of nitrogens with zero attached hydrogens (tertiary/aromatic N) is 1. The van der Waals surface area contributed by atoms with Gasteiger partial charge in [-0.15, -0.1) is 0 Å². The minimum atomic E-state index is -1.10. The van der Waals surface area contributed by atoms with Crippen molar-refractivity contribution in [2.75, 3.05) is 6.54 Å². The summed E-state index contributed by atoms with van der Waals surface area (Å²) < 4.78 is 13.3. The van der Waals surface area contributed by atoms with Crippen LogP contribution in [0, 0.1) is 5.82 Å². The maximum Gasteiger partial charge on any atom is 0.226 e. The SMILES string of the molecule is CC(C)(O)CC(=O)N1CC(O)CC1c1cccc(F)c1. The molecule has 0 radical (unpaired) electrons. The zero-order valence-corrected chi connectivity index (χ0v) is 11.7. The monoisotopic (exact) mass is 281 g/mol. The molecular formula is C15H20FNO3. The number of halogens is 1. The zero-order valence-electron chi connectivity index (χ0n) is 11.7. The Labute approximate surface area is 117 Å². The molecule has 0 aromatic heterocycles. The van der Waals surface area contributed by atoms with Crippen molar-refractivity contribution in [3.63, 3.8) is 0 Å². The molecule has 0 saturated carbocycles. The highest BCUT2D eigenvalue weighted by molar-refractivity contribution is 5.78. The number of β-amino-alcohol motifs (C(OH)–C–C–N with tert-alkyl or cyclic N) is 1. The standard InChI is InChI=1S/C15H20FNO3/c1-15(2,20)8-14(19)17-9-12(18)7-13(17)10-4-3-5-11(16)6-10/h3-6,12-13,18,20H,7-9H2,1-2H3. The normalized spacial score (nSPS) is 23.1. The van der Waals surface area contributed by atoms with E-state index >= 15 is 0 Å². The summed E-state index contributed by atoms with van der Waals surface area (Å²) in [5, 5.41) is 19.5. The van der Waals surface area contributed by atoms with E-state index in [1.807, 2.05) is 0 Å². The van der Waals surface area contributed by atoms with E-state index < -0.39 is 11.7 Å². The van der Waals surface area contributed by atoms with Gasteiger partial charge in [-0.2, -0.15) is 0 Å². The molecule has 2 unspecified atom stereocenters. The van der Waals surface area contributed by atoms with Crippen molar-refractivity contribution in [2.45, 2.75) is 44.4 Å². The first-order valence-electron chi connectivity index (χ1n) is 6.71. The Bertz CT molecular complexity index is 498. The smallest absolute Gasteiger partial charge is 0.226 e. The van der Waals surface area contributed by atoms with E-state index in [0.717, 1.165) is 0 Å². The van der Waals surface area contributed by atoms with Crippen molar-refractivity contribution in [1.82, 2.24) is 4.90 Å². The van der Waals surface area contributed by atoms with Crippen LogP contribution in [0.15, 0.2) is 24.3 Å². The van der Waals surface area contributed by atoms with Crippen molar-refractivity contribution in [1.29, 1.82) is 0 Å². The first-order valence-corrected chi connectivity index (χ1v) is 6.71. The number of amides is 1. The zero-order chi connectivity index (χ0) is 14.9. The van der Waals surface area contributed by atoms with Crippen molar-refractivity contribution < 1.29 is 19.4 Å². The molecule has 1 saturated heterocycles. The Hall–Kier alpha value is -1.46. The van der Waals surface area contributed by atoms with Gasteiger partial charge in [-0.1, -0.05) is 12.1 Å². The fourth-order valence-electron chi connectivity index (χ4n) is 2.59. The third-order valence-corrected chi connectivity index (χ3v) is 3.42. The summed E-state index contributed by atoms with van der Waals surface area (Å²) in [6.45, 7) is 3.35. The van der Waals surface area contributed by atoms with E-state index in [9.17, 15) is 19.4 Å². The molecule has 1 aromatic rings. The molecule has 1 fully saturated rings. The van der Waals surface area contributed by atoms with E-state index in [1.54, 1.807) is 26.0 Å². The highest BCUT2D eigenvalue weighted by atomic mass is 19.1. The first-order chi connectivity index (χ1) is 9.26. The summed E-state index contributed by atoms with van der Waals surface area (Å²) in [7, 11) is 0. The lowest BCUT2D eigenvalue weighted by Gasteiger charge is -2.27. The average Bonchev–Trinajstić information content (AvgIpc) is 2.69. The van der Waals surface area contributed by atoms with Crippen LogP contribution in [-0.2, 0) is 4.79 Å². The molecule has 1 amide bonds. The van der Waals surface area contributed by atoms with Gasteiger partial charge < -0.3 is 15.1 Å². The molecular weight excluding hydrogens is 261 g/mol. The van der Waals surface area contributed by atoms with Gasteiger partial charge in [0, 0.05) is 6.54 Å². The predicted molar refractivity (Wildman–Crippen MR) is 72.4 cm³/mol. The maximum absolute atomic E-state index is 13.3. The van der Waals surface area contributed by atoms with Crippen molar-refractivity contribution in [3.8, 4) is 0 Å². The Morgan fingerprint density at radius 3 is 2.80 bits per heavy atom. The van der Waals surface area contributed by atoms with Gasteiger partial charge in [0.2, 0.25) is 5.91 Å². The molecule has 0 bridgehead atoms. The molecule has 1 aliphatic rings. The number of carbonyl (C=O) groups is 1. The van der Waals surface area contributed by atoms with Gasteiger partial charge >= 0.3 is 0 Å². The van der Waals surface area contributed by atoms with Gasteiger partial charge in [-0.05, 0) is 38.0 Å². The lowest BCUT2D eigenvalue weighted by Crippen LogP contribution is -2.36. The summed E-state index contributed by atoms with van der Waals surface area (Å²) in [6.07, 6.45) is -0.249. The second-order valence-corrected chi connectivity index (χ2v) is 6.00. The number of hydrogen-bond donors (Lipinski definition) is 2. The van der Waals surface area contributed by atoms with Crippen LogP contribution in [0.25, 0.3) is 0 Å². The lowest BCUT2D eigenvalue weighted by atomic mass is 10.0. The van der Waals surface area contributed by atoms with Crippen LogP contribution in [0.2, 0.25) is 0 Å². The van der Waals surface area contributed by atoms with Crippen molar-refractivity contribution in [2.24, 2.45) is 0 Å². The van der Waals surface area contributed by atoms with E-state index in [4.69, 9.17) is 0 Å². The number of benzene rings is 1. The summed E-state index contributed by atoms with van der Waals surface area (Å²) in [6, 6.07) is 5.73. The molecule has 2 rings (SSSR count). The summed E-state index contributed by atoms with van der Waals surface area (Å²) >= 11 is 0. The highest BCUT2D eigenvalue weighted by Gasteiger charge is 2.36. The van der Waals surface area contributed by atoms with E-state index in [1.165, 1.54) is 17.0 Å². The molecule has 0 aliphatic carbocycles. The van der Waals surface area contributed by atoms with Gasteiger partial charge in [0.1, 0.15) is 5.82 Å². The number of aliphatic hydroxyl groups is 2. The van der Waals surface area contributed by atoms with E-state index in [-0.39, 0.29) is 30.7 Å². The first kappa shape index (κ1) is 14.9. The summed E-state index contributed by atoms with van der Waals surface area (Å²) in [5.74, 6) is -0.595. The van der Waals surface area contributed by atoms with Crippen LogP contribution in [0.4, 0.5) is 4.39 Å².